The predicted octanol–water partition coefficient (Wildman–Crippen LogP) is 5.33. The van der Waals surface area contributed by atoms with Crippen LogP contribution in [0, 0.1) is 6.92 Å². The van der Waals surface area contributed by atoms with E-state index < -0.39 is 28.5 Å². The number of carbonyl (C=O) groups is 2. The summed E-state index contributed by atoms with van der Waals surface area (Å²) < 4.78 is 34.1. The van der Waals surface area contributed by atoms with Crippen LogP contribution in [-0.4, -0.2) is 50.9 Å². The van der Waals surface area contributed by atoms with Crippen LogP contribution < -0.4 is 14.4 Å². The normalized spacial score (nSPS) is 14.3. The summed E-state index contributed by atoms with van der Waals surface area (Å²) in [7, 11) is -2.72. The molecule has 3 aromatic rings. The molecule has 2 amide bonds. The van der Waals surface area contributed by atoms with E-state index in [4.69, 9.17) is 16.3 Å². The van der Waals surface area contributed by atoms with E-state index in [2.05, 4.69) is 5.32 Å². The molecule has 1 aliphatic rings. The SMILES string of the molecule is COc1ccc(N(CC(=O)N(Cc2ccccc2C)C(C)C(=O)NC2CCCC2)S(=O)(=O)c2ccccc2)cc1Cl. The third-order valence-corrected chi connectivity index (χ3v) is 9.59. The number of nitrogens with zero attached hydrogens (tertiary/aromatic N) is 2. The van der Waals surface area contributed by atoms with Gasteiger partial charge in [-0.15, -0.1) is 0 Å². The predicted molar refractivity (Wildman–Crippen MR) is 161 cm³/mol. The molecule has 4 rings (SSSR count). The zero-order valence-corrected chi connectivity index (χ0v) is 25.1. The minimum absolute atomic E-state index is 0.0252. The van der Waals surface area contributed by atoms with Gasteiger partial charge in [-0.2, -0.15) is 0 Å². The first-order valence-electron chi connectivity index (χ1n) is 13.7. The van der Waals surface area contributed by atoms with Crippen LogP contribution in [-0.2, 0) is 26.2 Å². The van der Waals surface area contributed by atoms with Crippen molar-refractivity contribution in [3.8, 4) is 5.75 Å². The van der Waals surface area contributed by atoms with Gasteiger partial charge in [-0.05, 0) is 68.1 Å². The summed E-state index contributed by atoms with van der Waals surface area (Å²) in [4.78, 5) is 28.9. The third-order valence-electron chi connectivity index (χ3n) is 7.50. The minimum atomic E-state index is -4.18. The van der Waals surface area contributed by atoms with Gasteiger partial charge in [-0.3, -0.25) is 13.9 Å². The smallest absolute Gasteiger partial charge is 0.264 e. The molecule has 0 heterocycles. The lowest BCUT2D eigenvalue weighted by Gasteiger charge is -2.33. The van der Waals surface area contributed by atoms with Gasteiger partial charge < -0.3 is 15.0 Å². The molecule has 1 fully saturated rings. The molecule has 0 radical (unpaired) electrons. The second-order valence-electron chi connectivity index (χ2n) is 10.3. The molecule has 1 aliphatic carbocycles. The van der Waals surface area contributed by atoms with Crippen LogP contribution in [0.3, 0.4) is 0 Å². The number of ether oxygens (including phenoxy) is 1. The average Bonchev–Trinajstić information content (AvgIpc) is 3.48. The van der Waals surface area contributed by atoms with Gasteiger partial charge in [-0.1, -0.05) is 66.9 Å². The summed E-state index contributed by atoms with van der Waals surface area (Å²) in [5.41, 5.74) is 2.03. The van der Waals surface area contributed by atoms with Crippen molar-refractivity contribution in [2.75, 3.05) is 18.0 Å². The number of nitrogens with one attached hydrogen (secondary N) is 1. The van der Waals surface area contributed by atoms with Gasteiger partial charge in [0.2, 0.25) is 11.8 Å². The second kappa shape index (κ2) is 13.4. The molecular weight excluding hydrogens is 562 g/mol. The van der Waals surface area contributed by atoms with Gasteiger partial charge in [0, 0.05) is 12.6 Å². The molecule has 0 bridgehead atoms. The number of rotatable bonds is 11. The Bertz CT molecular complexity index is 1480. The van der Waals surface area contributed by atoms with Gasteiger partial charge in [-0.25, -0.2) is 8.42 Å². The van der Waals surface area contributed by atoms with Crippen LogP contribution in [0.15, 0.2) is 77.7 Å². The van der Waals surface area contributed by atoms with Crippen molar-refractivity contribution in [3.63, 3.8) is 0 Å². The first-order chi connectivity index (χ1) is 19.6. The summed E-state index contributed by atoms with van der Waals surface area (Å²) in [5.74, 6) is -0.408. The van der Waals surface area contributed by atoms with Crippen molar-refractivity contribution in [1.29, 1.82) is 0 Å². The van der Waals surface area contributed by atoms with E-state index in [9.17, 15) is 18.0 Å². The highest BCUT2D eigenvalue weighted by atomic mass is 35.5. The Balaban J connectivity index is 1.71. The highest BCUT2D eigenvalue weighted by Crippen LogP contribution is 2.32. The number of hydrogen-bond donors (Lipinski definition) is 1. The number of carbonyl (C=O) groups excluding carboxylic acids is 2. The quantitative estimate of drug-likeness (QED) is 0.322. The van der Waals surface area contributed by atoms with Gasteiger partial charge in [0.05, 0.1) is 22.7 Å². The molecule has 0 aromatic heterocycles. The van der Waals surface area contributed by atoms with Crippen molar-refractivity contribution < 1.29 is 22.7 Å². The number of amides is 2. The molecule has 0 saturated heterocycles. The highest BCUT2D eigenvalue weighted by molar-refractivity contribution is 7.92. The molecule has 3 aromatic carbocycles. The van der Waals surface area contributed by atoms with Crippen LogP contribution in [0.1, 0.15) is 43.7 Å². The topological polar surface area (TPSA) is 96.0 Å². The summed E-state index contributed by atoms with van der Waals surface area (Å²) >= 11 is 6.37. The van der Waals surface area contributed by atoms with Gasteiger partial charge in [0.25, 0.3) is 10.0 Å². The Kier molecular flexibility index (Phi) is 9.94. The van der Waals surface area contributed by atoms with Gasteiger partial charge in [0.1, 0.15) is 18.3 Å². The zero-order chi connectivity index (χ0) is 29.6. The largest absolute Gasteiger partial charge is 0.495 e. The maximum atomic E-state index is 14.1. The molecule has 8 nitrogen and oxygen atoms in total. The van der Waals surface area contributed by atoms with Gasteiger partial charge >= 0.3 is 0 Å². The third kappa shape index (κ3) is 7.21. The molecule has 10 heteroatoms. The van der Waals surface area contributed by atoms with E-state index in [1.807, 2.05) is 31.2 Å². The van der Waals surface area contributed by atoms with Crippen LogP contribution in [0.25, 0.3) is 0 Å². The van der Waals surface area contributed by atoms with Crippen molar-refractivity contribution >= 4 is 39.1 Å². The Labute approximate surface area is 247 Å². The first-order valence-corrected chi connectivity index (χ1v) is 15.5. The second-order valence-corrected chi connectivity index (χ2v) is 12.5. The molecule has 1 saturated carbocycles. The fourth-order valence-corrected chi connectivity index (χ4v) is 6.68. The number of aryl methyl sites for hydroxylation is 1. The van der Waals surface area contributed by atoms with E-state index >= 15 is 0 Å². The van der Waals surface area contributed by atoms with Crippen LogP contribution in [0.4, 0.5) is 5.69 Å². The average molecular weight is 598 g/mol. The Morgan fingerprint density at radius 3 is 2.32 bits per heavy atom. The maximum Gasteiger partial charge on any atom is 0.264 e. The summed E-state index contributed by atoms with van der Waals surface area (Å²) in [6.45, 7) is 3.23. The summed E-state index contributed by atoms with van der Waals surface area (Å²) in [6.07, 6.45) is 3.93. The number of hydrogen-bond acceptors (Lipinski definition) is 5. The van der Waals surface area contributed by atoms with E-state index in [0.717, 1.165) is 41.1 Å². The molecule has 218 valence electrons. The van der Waals surface area contributed by atoms with E-state index in [0.29, 0.717) is 5.75 Å². The number of halogens is 1. The molecule has 1 unspecified atom stereocenters. The summed E-state index contributed by atoms with van der Waals surface area (Å²) in [5, 5.41) is 3.28. The number of methoxy groups -OCH3 is 1. The molecule has 41 heavy (non-hydrogen) atoms. The zero-order valence-electron chi connectivity index (χ0n) is 23.5. The molecule has 0 spiro atoms. The van der Waals surface area contributed by atoms with Gasteiger partial charge in [0.15, 0.2) is 0 Å². The maximum absolute atomic E-state index is 14.1. The fourth-order valence-electron chi connectivity index (χ4n) is 5.00. The van der Waals surface area contributed by atoms with Crippen LogP contribution in [0.2, 0.25) is 5.02 Å². The van der Waals surface area contributed by atoms with Crippen molar-refractivity contribution in [2.45, 2.75) is 63.1 Å². The molecular formula is C31H36ClN3O5S. The first kappa shape index (κ1) is 30.4. The minimum Gasteiger partial charge on any atom is -0.495 e. The van der Waals surface area contributed by atoms with Crippen LogP contribution in [0.5, 0.6) is 5.75 Å². The van der Waals surface area contributed by atoms with E-state index in [1.54, 1.807) is 37.3 Å². The number of benzene rings is 3. The highest BCUT2D eigenvalue weighted by Gasteiger charge is 2.33. The van der Waals surface area contributed by atoms with Crippen LogP contribution >= 0.6 is 11.6 Å². The monoisotopic (exact) mass is 597 g/mol. The van der Waals surface area contributed by atoms with E-state index in [-0.39, 0.29) is 34.1 Å². The number of sulfonamides is 1. The Morgan fingerprint density at radius 1 is 1.02 bits per heavy atom. The van der Waals surface area contributed by atoms with Crippen molar-refractivity contribution in [2.24, 2.45) is 0 Å². The Morgan fingerprint density at radius 2 is 1.68 bits per heavy atom. The van der Waals surface area contributed by atoms with Crippen molar-refractivity contribution in [1.82, 2.24) is 10.2 Å². The fraction of sp³-hybridized carbons (Fsp3) is 0.355. The van der Waals surface area contributed by atoms with Crippen molar-refractivity contribution in [3.05, 3.63) is 88.9 Å². The lowest BCUT2D eigenvalue weighted by Crippen LogP contribution is -2.52. The lowest BCUT2D eigenvalue weighted by molar-refractivity contribution is -0.139. The Hall–Kier alpha value is -3.56. The molecule has 1 N–H and O–H groups in total. The number of anilines is 1. The molecule has 1 atom stereocenters. The van der Waals surface area contributed by atoms with E-state index in [1.165, 1.54) is 30.2 Å². The summed E-state index contributed by atoms with van der Waals surface area (Å²) in [6, 6.07) is 19.3. The lowest BCUT2D eigenvalue weighted by atomic mass is 10.1. The molecule has 0 aliphatic heterocycles. The standard InChI is InChI=1S/C31H36ClN3O5S/c1-22-11-7-8-12-24(22)20-34(23(2)31(37)33-25-13-9-10-14-25)30(36)21-35(26-17-18-29(40-3)28(32)19-26)41(38,39)27-15-5-4-6-16-27/h4-8,11-12,15-19,23,25H,9-10,13-14,20-21H2,1-3H3,(H,33,37).